The van der Waals surface area contributed by atoms with Gasteiger partial charge in [0.05, 0.1) is 6.33 Å². The maximum absolute atomic E-state index is 5.92. The highest BCUT2D eigenvalue weighted by Crippen LogP contribution is 2.14. The van der Waals surface area contributed by atoms with Crippen LogP contribution in [0.4, 0.5) is 0 Å². The Balaban J connectivity index is 1.78. The lowest BCUT2D eigenvalue weighted by molar-refractivity contribution is 0.596. The fourth-order valence-corrected chi connectivity index (χ4v) is 1.93. The number of nitrogens with zero attached hydrogens (tertiary/aromatic N) is 2. The van der Waals surface area contributed by atoms with E-state index in [1.54, 1.807) is 6.20 Å². The number of halogens is 1. The standard InChI is InChI=1S/C13H16ClN3/c1-11-8-13(14)3-2-12(11)9-15-4-6-17-7-5-16-10-17/h2-3,5,7-8,10,15H,4,6,9H2,1H3. The van der Waals surface area contributed by atoms with E-state index in [0.717, 1.165) is 24.7 Å². The van der Waals surface area contributed by atoms with Gasteiger partial charge < -0.3 is 9.88 Å². The van der Waals surface area contributed by atoms with Crippen molar-refractivity contribution in [3.05, 3.63) is 53.1 Å². The molecule has 0 spiro atoms. The molecule has 0 unspecified atom stereocenters. The molecule has 0 aliphatic heterocycles. The summed E-state index contributed by atoms with van der Waals surface area (Å²) in [7, 11) is 0. The quantitative estimate of drug-likeness (QED) is 0.826. The van der Waals surface area contributed by atoms with Crippen LogP contribution in [0.15, 0.2) is 36.9 Å². The van der Waals surface area contributed by atoms with Gasteiger partial charge in [0.15, 0.2) is 0 Å². The smallest absolute Gasteiger partial charge is 0.0946 e. The minimum atomic E-state index is 0.796. The minimum Gasteiger partial charge on any atom is -0.336 e. The third kappa shape index (κ3) is 3.58. The van der Waals surface area contributed by atoms with E-state index in [0.29, 0.717) is 0 Å². The molecule has 0 aliphatic carbocycles. The second kappa shape index (κ2) is 5.84. The Morgan fingerprint density at radius 2 is 2.29 bits per heavy atom. The van der Waals surface area contributed by atoms with Crippen LogP contribution >= 0.6 is 11.6 Å². The Bertz CT molecular complexity index is 466. The Labute approximate surface area is 106 Å². The van der Waals surface area contributed by atoms with Crippen molar-refractivity contribution >= 4 is 11.6 Å². The van der Waals surface area contributed by atoms with Crippen molar-refractivity contribution in [1.29, 1.82) is 0 Å². The van der Waals surface area contributed by atoms with E-state index < -0.39 is 0 Å². The normalized spacial score (nSPS) is 10.7. The molecular weight excluding hydrogens is 234 g/mol. The van der Waals surface area contributed by atoms with E-state index in [9.17, 15) is 0 Å². The van der Waals surface area contributed by atoms with Gasteiger partial charge in [0.2, 0.25) is 0 Å². The zero-order chi connectivity index (χ0) is 12.1. The zero-order valence-electron chi connectivity index (χ0n) is 9.86. The highest BCUT2D eigenvalue weighted by molar-refractivity contribution is 6.30. The van der Waals surface area contributed by atoms with Gasteiger partial charge in [-0.05, 0) is 30.2 Å². The Morgan fingerprint density at radius 1 is 1.41 bits per heavy atom. The van der Waals surface area contributed by atoms with Gasteiger partial charge in [-0.15, -0.1) is 0 Å². The Morgan fingerprint density at radius 3 is 3.00 bits per heavy atom. The molecule has 0 bridgehead atoms. The molecule has 1 heterocycles. The molecular formula is C13H16ClN3. The van der Waals surface area contributed by atoms with Crippen LogP contribution in [0.2, 0.25) is 5.02 Å². The van der Waals surface area contributed by atoms with Crippen LogP contribution in [0.3, 0.4) is 0 Å². The highest BCUT2D eigenvalue weighted by Gasteiger charge is 1.98. The predicted octanol–water partition coefficient (Wildman–Crippen LogP) is 2.63. The maximum atomic E-state index is 5.92. The Hall–Kier alpha value is -1.32. The summed E-state index contributed by atoms with van der Waals surface area (Å²) in [6.07, 6.45) is 5.59. The molecule has 4 heteroatoms. The molecule has 90 valence electrons. The summed E-state index contributed by atoms with van der Waals surface area (Å²) < 4.78 is 2.06. The van der Waals surface area contributed by atoms with Crippen molar-refractivity contribution in [1.82, 2.24) is 14.9 Å². The summed E-state index contributed by atoms with van der Waals surface area (Å²) in [6, 6.07) is 6.00. The summed E-state index contributed by atoms with van der Waals surface area (Å²) in [5, 5.41) is 4.20. The average molecular weight is 250 g/mol. The van der Waals surface area contributed by atoms with Gasteiger partial charge in [0, 0.05) is 37.1 Å². The van der Waals surface area contributed by atoms with E-state index in [1.165, 1.54) is 11.1 Å². The van der Waals surface area contributed by atoms with Crippen LogP contribution in [-0.4, -0.2) is 16.1 Å². The molecule has 2 aromatic rings. The second-order valence-corrected chi connectivity index (χ2v) is 4.48. The van der Waals surface area contributed by atoms with Crippen LogP contribution in [0, 0.1) is 6.92 Å². The first-order valence-corrected chi connectivity index (χ1v) is 6.05. The fourth-order valence-electron chi connectivity index (χ4n) is 1.71. The number of hydrogen-bond donors (Lipinski definition) is 1. The van der Waals surface area contributed by atoms with Crippen molar-refractivity contribution in [3.8, 4) is 0 Å². The zero-order valence-corrected chi connectivity index (χ0v) is 10.6. The average Bonchev–Trinajstić information content (AvgIpc) is 2.79. The molecule has 0 saturated heterocycles. The highest BCUT2D eigenvalue weighted by atomic mass is 35.5. The summed E-state index contributed by atoms with van der Waals surface area (Å²) in [5.41, 5.74) is 2.52. The van der Waals surface area contributed by atoms with Gasteiger partial charge in [0.25, 0.3) is 0 Å². The fraction of sp³-hybridized carbons (Fsp3) is 0.308. The number of benzene rings is 1. The summed E-state index contributed by atoms with van der Waals surface area (Å²) >= 11 is 5.92. The van der Waals surface area contributed by atoms with E-state index in [-0.39, 0.29) is 0 Å². The van der Waals surface area contributed by atoms with E-state index in [2.05, 4.69) is 27.9 Å². The molecule has 0 amide bonds. The topological polar surface area (TPSA) is 29.9 Å². The van der Waals surface area contributed by atoms with E-state index in [1.807, 2.05) is 24.7 Å². The van der Waals surface area contributed by atoms with Crippen LogP contribution < -0.4 is 5.32 Å². The van der Waals surface area contributed by atoms with Crippen molar-refractivity contribution in [2.75, 3.05) is 6.54 Å². The van der Waals surface area contributed by atoms with Gasteiger partial charge in [-0.1, -0.05) is 17.7 Å². The van der Waals surface area contributed by atoms with Crippen LogP contribution in [-0.2, 0) is 13.1 Å². The van der Waals surface area contributed by atoms with Crippen molar-refractivity contribution in [2.24, 2.45) is 0 Å². The third-order valence-electron chi connectivity index (χ3n) is 2.73. The number of nitrogens with one attached hydrogen (secondary N) is 1. The summed E-state index contributed by atoms with van der Waals surface area (Å²) in [5.74, 6) is 0. The van der Waals surface area contributed by atoms with Crippen molar-refractivity contribution < 1.29 is 0 Å². The Kier molecular flexibility index (Phi) is 4.18. The van der Waals surface area contributed by atoms with Gasteiger partial charge >= 0.3 is 0 Å². The first-order valence-electron chi connectivity index (χ1n) is 5.67. The minimum absolute atomic E-state index is 0.796. The molecule has 17 heavy (non-hydrogen) atoms. The molecule has 1 aromatic heterocycles. The summed E-state index contributed by atoms with van der Waals surface area (Å²) in [4.78, 5) is 4.00. The summed E-state index contributed by atoms with van der Waals surface area (Å²) in [6.45, 7) is 4.82. The van der Waals surface area contributed by atoms with Gasteiger partial charge in [-0.2, -0.15) is 0 Å². The van der Waals surface area contributed by atoms with Gasteiger partial charge in [-0.3, -0.25) is 0 Å². The molecule has 0 fully saturated rings. The molecule has 1 N–H and O–H groups in total. The third-order valence-corrected chi connectivity index (χ3v) is 2.96. The molecule has 0 aliphatic rings. The van der Waals surface area contributed by atoms with Crippen LogP contribution in [0.25, 0.3) is 0 Å². The largest absolute Gasteiger partial charge is 0.336 e. The lowest BCUT2D eigenvalue weighted by Gasteiger charge is -2.08. The first-order chi connectivity index (χ1) is 8.25. The SMILES string of the molecule is Cc1cc(Cl)ccc1CNCCn1ccnc1. The van der Waals surface area contributed by atoms with Crippen molar-refractivity contribution in [3.63, 3.8) is 0 Å². The molecule has 2 rings (SSSR count). The molecule has 1 aromatic carbocycles. The van der Waals surface area contributed by atoms with Crippen molar-refractivity contribution in [2.45, 2.75) is 20.0 Å². The van der Waals surface area contributed by atoms with E-state index in [4.69, 9.17) is 11.6 Å². The van der Waals surface area contributed by atoms with E-state index >= 15 is 0 Å². The number of rotatable bonds is 5. The second-order valence-electron chi connectivity index (χ2n) is 4.05. The lowest BCUT2D eigenvalue weighted by Crippen LogP contribution is -2.19. The van der Waals surface area contributed by atoms with Gasteiger partial charge in [-0.25, -0.2) is 4.98 Å². The number of imidazole rings is 1. The lowest BCUT2D eigenvalue weighted by atomic mass is 10.1. The number of aromatic nitrogens is 2. The molecule has 0 radical (unpaired) electrons. The molecule has 3 nitrogen and oxygen atoms in total. The molecule has 0 atom stereocenters. The van der Waals surface area contributed by atoms with Crippen LogP contribution in [0.1, 0.15) is 11.1 Å². The first kappa shape index (κ1) is 12.1. The monoisotopic (exact) mass is 249 g/mol. The number of aryl methyl sites for hydroxylation is 1. The van der Waals surface area contributed by atoms with Crippen LogP contribution in [0.5, 0.6) is 0 Å². The predicted molar refractivity (Wildman–Crippen MR) is 70.1 cm³/mol. The van der Waals surface area contributed by atoms with Gasteiger partial charge in [0.1, 0.15) is 0 Å². The molecule has 0 saturated carbocycles. The maximum Gasteiger partial charge on any atom is 0.0946 e. The number of hydrogen-bond acceptors (Lipinski definition) is 2.